The van der Waals surface area contributed by atoms with Crippen LogP contribution in [0.4, 0.5) is 21.5 Å². The normalized spacial score (nSPS) is 11.5. The highest BCUT2D eigenvalue weighted by atomic mass is 32.2. The van der Waals surface area contributed by atoms with E-state index in [-0.39, 0.29) is 17.1 Å². The van der Waals surface area contributed by atoms with Crippen LogP contribution >= 0.6 is 11.8 Å². The molecule has 0 aliphatic heterocycles. The van der Waals surface area contributed by atoms with Crippen molar-refractivity contribution in [3.63, 3.8) is 0 Å². The molecule has 4 aromatic carbocycles. The fourth-order valence-electron chi connectivity index (χ4n) is 3.63. The first-order chi connectivity index (χ1) is 17.0. The van der Waals surface area contributed by atoms with Gasteiger partial charge in [0.05, 0.1) is 5.25 Å². The van der Waals surface area contributed by atoms with Gasteiger partial charge in [0, 0.05) is 27.5 Å². The van der Waals surface area contributed by atoms with Crippen LogP contribution in [0.15, 0.2) is 114 Å². The molecule has 2 amide bonds. The van der Waals surface area contributed by atoms with Gasteiger partial charge in [-0.1, -0.05) is 49.4 Å². The molecule has 4 aromatic rings. The van der Waals surface area contributed by atoms with Crippen molar-refractivity contribution in [3.05, 3.63) is 121 Å². The number of rotatable bonds is 8. The lowest BCUT2D eigenvalue weighted by atomic mass is 10.2. The summed E-state index contributed by atoms with van der Waals surface area (Å²) in [6.07, 6.45) is 0.631. The Balaban J connectivity index is 1.53. The van der Waals surface area contributed by atoms with Crippen molar-refractivity contribution in [1.29, 1.82) is 0 Å². The molecule has 0 aliphatic carbocycles. The number of benzene rings is 4. The van der Waals surface area contributed by atoms with Gasteiger partial charge in [-0.3, -0.25) is 14.5 Å². The summed E-state index contributed by atoms with van der Waals surface area (Å²) in [7, 11) is 0. The number of nitrogens with zero attached hydrogens (tertiary/aromatic N) is 1. The third kappa shape index (κ3) is 6.16. The summed E-state index contributed by atoms with van der Waals surface area (Å²) in [5.41, 5.74) is 2.59. The van der Waals surface area contributed by atoms with Crippen molar-refractivity contribution in [3.8, 4) is 0 Å². The summed E-state index contributed by atoms with van der Waals surface area (Å²) >= 11 is 1.46. The maximum Gasteiger partial charge on any atom is 0.255 e. The summed E-state index contributed by atoms with van der Waals surface area (Å²) in [5.74, 6) is -0.736. The van der Waals surface area contributed by atoms with Gasteiger partial charge in [-0.2, -0.15) is 0 Å². The van der Waals surface area contributed by atoms with Gasteiger partial charge in [-0.25, -0.2) is 4.39 Å². The van der Waals surface area contributed by atoms with Crippen molar-refractivity contribution in [2.45, 2.75) is 23.5 Å². The van der Waals surface area contributed by atoms with Gasteiger partial charge < -0.3 is 5.32 Å². The molecule has 0 fully saturated rings. The van der Waals surface area contributed by atoms with Crippen molar-refractivity contribution < 1.29 is 14.0 Å². The molecular weight excluding hydrogens is 459 g/mol. The second-order valence-electron chi connectivity index (χ2n) is 7.85. The van der Waals surface area contributed by atoms with Crippen LogP contribution in [-0.2, 0) is 4.79 Å². The topological polar surface area (TPSA) is 49.4 Å². The van der Waals surface area contributed by atoms with Gasteiger partial charge in [-0.05, 0) is 73.2 Å². The molecule has 0 bridgehead atoms. The molecule has 1 atom stereocenters. The molecule has 1 N–H and O–H groups in total. The minimum absolute atomic E-state index is 0.0179. The number of nitrogens with one attached hydrogen (secondary N) is 1. The molecule has 0 aliphatic rings. The number of para-hydroxylation sites is 2. The highest BCUT2D eigenvalue weighted by Gasteiger charge is 2.26. The Morgan fingerprint density at radius 1 is 0.829 bits per heavy atom. The van der Waals surface area contributed by atoms with E-state index in [0.29, 0.717) is 17.7 Å². The van der Waals surface area contributed by atoms with Gasteiger partial charge in [0.25, 0.3) is 5.91 Å². The molecule has 0 saturated carbocycles. The maximum absolute atomic E-state index is 13.8. The van der Waals surface area contributed by atoms with Crippen LogP contribution in [-0.4, -0.2) is 17.1 Å². The van der Waals surface area contributed by atoms with Crippen molar-refractivity contribution >= 4 is 40.6 Å². The Labute approximate surface area is 208 Å². The Morgan fingerprint density at radius 3 is 2.00 bits per heavy atom. The third-order valence-electron chi connectivity index (χ3n) is 5.37. The number of thioether (sulfide) groups is 1. The molecule has 176 valence electrons. The van der Waals surface area contributed by atoms with Gasteiger partial charge in [0.15, 0.2) is 0 Å². The van der Waals surface area contributed by atoms with Gasteiger partial charge >= 0.3 is 0 Å². The van der Waals surface area contributed by atoms with E-state index in [1.54, 1.807) is 11.0 Å². The monoisotopic (exact) mass is 484 g/mol. The fraction of sp³-hybridized carbons (Fsp3) is 0.103. The molecule has 6 heteroatoms. The van der Waals surface area contributed by atoms with Crippen molar-refractivity contribution in [2.24, 2.45) is 0 Å². The predicted molar refractivity (Wildman–Crippen MR) is 141 cm³/mol. The Kier molecular flexibility index (Phi) is 7.95. The van der Waals surface area contributed by atoms with Crippen molar-refractivity contribution in [2.75, 3.05) is 10.2 Å². The van der Waals surface area contributed by atoms with E-state index >= 15 is 0 Å². The molecule has 0 spiro atoms. The van der Waals surface area contributed by atoms with Crippen LogP contribution in [0.25, 0.3) is 0 Å². The van der Waals surface area contributed by atoms with Gasteiger partial charge in [0.2, 0.25) is 5.91 Å². The smallest absolute Gasteiger partial charge is 0.255 e. The third-order valence-corrected chi connectivity index (χ3v) is 6.72. The fourth-order valence-corrected chi connectivity index (χ4v) is 4.68. The quantitative estimate of drug-likeness (QED) is 0.267. The second-order valence-corrected chi connectivity index (χ2v) is 9.12. The van der Waals surface area contributed by atoms with Crippen LogP contribution in [0.1, 0.15) is 23.7 Å². The minimum atomic E-state index is -0.393. The number of anilines is 3. The Hall–Kier alpha value is -3.90. The first-order valence-electron chi connectivity index (χ1n) is 11.3. The molecule has 0 saturated heterocycles. The second kappa shape index (κ2) is 11.5. The number of carbonyl (C=O) groups excluding carboxylic acids is 2. The standard InChI is InChI=1S/C29H25FN2O2S/c1-2-27(29(34)32(24-11-5-3-6-12-24)25-13-7-4-8-14-25)35-26-15-9-10-23(20-26)31-28(33)21-16-18-22(30)19-17-21/h3-20,27H,2H2,1H3,(H,31,33). The van der Waals surface area contributed by atoms with Gasteiger partial charge in [-0.15, -0.1) is 11.8 Å². The summed E-state index contributed by atoms with van der Waals surface area (Å²) in [5, 5.41) is 2.51. The van der Waals surface area contributed by atoms with Crippen LogP contribution in [0.5, 0.6) is 0 Å². The van der Waals surface area contributed by atoms with Crippen LogP contribution < -0.4 is 10.2 Å². The van der Waals surface area contributed by atoms with E-state index in [1.165, 1.54) is 36.0 Å². The molecule has 1 unspecified atom stereocenters. The number of amides is 2. The zero-order valence-corrected chi connectivity index (χ0v) is 20.0. The number of hydrogen-bond acceptors (Lipinski definition) is 3. The molecule has 0 heterocycles. The predicted octanol–water partition coefficient (Wildman–Crippen LogP) is 7.31. The Morgan fingerprint density at radius 2 is 1.43 bits per heavy atom. The van der Waals surface area contributed by atoms with E-state index in [4.69, 9.17) is 0 Å². The highest BCUT2D eigenvalue weighted by molar-refractivity contribution is 8.00. The number of hydrogen-bond donors (Lipinski definition) is 1. The summed E-state index contributed by atoms with van der Waals surface area (Å²) < 4.78 is 13.2. The lowest BCUT2D eigenvalue weighted by molar-refractivity contribution is -0.117. The average molecular weight is 485 g/mol. The lowest BCUT2D eigenvalue weighted by Gasteiger charge is -2.27. The molecule has 0 radical (unpaired) electrons. The summed E-state index contributed by atoms with van der Waals surface area (Å²) in [6.45, 7) is 1.99. The van der Waals surface area contributed by atoms with E-state index in [0.717, 1.165) is 16.3 Å². The van der Waals surface area contributed by atoms with E-state index in [1.807, 2.05) is 85.8 Å². The molecule has 4 nitrogen and oxygen atoms in total. The zero-order chi connectivity index (χ0) is 24.6. The number of carbonyl (C=O) groups is 2. The summed E-state index contributed by atoms with van der Waals surface area (Å²) in [4.78, 5) is 28.9. The maximum atomic E-state index is 13.8. The molecular formula is C29H25FN2O2S. The average Bonchev–Trinajstić information content (AvgIpc) is 2.89. The minimum Gasteiger partial charge on any atom is -0.322 e. The van der Waals surface area contributed by atoms with E-state index in [2.05, 4.69) is 5.32 Å². The van der Waals surface area contributed by atoms with Gasteiger partial charge in [0.1, 0.15) is 5.82 Å². The molecule has 0 aromatic heterocycles. The van der Waals surface area contributed by atoms with Crippen LogP contribution in [0.3, 0.4) is 0 Å². The van der Waals surface area contributed by atoms with E-state index in [9.17, 15) is 14.0 Å². The first-order valence-corrected chi connectivity index (χ1v) is 12.2. The SMILES string of the molecule is CCC(Sc1cccc(NC(=O)c2ccc(F)cc2)c1)C(=O)N(c1ccccc1)c1ccccc1. The van der Waals surface area contributed by atoms with Crippen molar-refractivity contribution in [1.82, 2.24) is 0 Å². The number of halogens is 1. The highest BCUT2D eigenvalue weighted by Crippen LogP contribution is 2.33. The van der Waals surface area contributed by atoms with Crippen LogP contribution in [0.2, 0.25) is 0 Å². The largest absolute Gasteiger partial charge is 0.322 e. The zero-order valence-electron chi connectivity index (χ0n) is 19.2. The molecule has 35 heavy (non-hydrogen) atoms. The lowest BCUT2D eigenvalue weighted by Crippen LogP contribution is -2.34. The summed E-state index contributed by atoms with van der Waals surface area (Å²) in [6, 6.07) is 32.0. The Bertz CT molecular complexity index is 1240. The van der Waals surface area contributed by atoms with Crippen LogP contribution in [0, 0.1) is 5.82 Å². The molecule has 4 rings (SSSR count). The first kappa shape index (κ1) is 24.2. The van der Waals surface area contributed by atoms with E-state index < -0.39 is 5.82 Å².